The molecule has 12 heterocycles. The third-order valence-corrected chi connectivity index (χ3v) is 22.9. The first-order valence-electron chi connectivity index (χ1n) is 39.7. The van der Waals surface area contributed by atoms with Crippen LogP contribution in [0.5, 0.6) is 0 Å². The highest BCUT2D eigenvalue weighted by atomic mass is 35.5. The molecule has 2 fully saturated rings. The van der Waals surface area contributed by atoms with Crippen molar-refractivity contribution in [2.24, 2.45) is 23.1 Å². The third-order valence-electron chi connectivity index (χ3n) is 22.6. The van der Waals surface area contributed by atoms with Crippen LogP contribution in [0, 0.1) is 40.5 Å². The van der Waals surface area contributed by atoms with Crippen molar-refractivity contribution in [1.82, 2.24) is 93.8 Å². The van der Waals surface area contributed by atoms with E-state index >= 15 is 0 Å². The molecule has 117 heavy (non-hydrogen) atoms. The van der Waals surface area contributed by atoms with Gasteiger partial charge >= 0.3 is 0 Å². The molecular weight excluding hydrogens is 1500 g/mol. The maximum absolute atomic E-state index is 13.1. The van der Waals surface area contributed by atoms with E-state index in [-0.39, 0.29) is 65.9 Å². The van der Waals surface area contributed by atoms with Crippen LogP contribution in [-0.4, -0.2) is 191 Å². The van der Waals surface area contributed by atoms with E-state index in [1.165, 1.54) is 19.4 Å². The standard InChI is InChI=1S/C21H20ClN5O2.2C18H22N4O.C16H21N5O.C14H16N4O2/c1-12-18-19(26-25-12)16-4-2-3-5-17(16)27(21(18)29)11-15(23)10-24-20(28)13-6-8-14(22)9-7-13;1-12-16-17(20-19-12)14-7-3-4-8-15(14)22(18(16)23)11-9-13-6-5-10-21(13)2;1-12-16-17(20-19-12)14-5-3-4-6-15(14)22(18(16)23)11-13-7-9-21(2)10-8-13;1-10-14-15(19-18-10)12-6-4-5-7-13(12)21(16(14)22)9-11(17)8-20(2)3;1-8-12-13(17-16-8)10-4-2-3-5-11(10)18(14(12)20)7-9(19)6-15/h2-9,15H,10-11,23H2,1H3,(H,24,28)(H,25,26);3-4,7-8,13H,5-6,9-11H2,1-2H3,(H,19,20);3-6,13H,7-11H2,1-2H3,(H,19,20);4-7,11H,8-9,17H2,1-3H3,(H,18,19);2-5,9,19H,6-7,15H2,1H3,(H,16,17). The Labute approximate surface area is 677 Å². The molecule has 0 radical (unpaired) electrons. The number of para-hydroxylation sites is 5. The minimum absolute atomic E-state index is 0.0332. The Morgan fingerprint density at radius 1 is 0.496 bits per heavy atom. The van der Waals surface area contributed by atoms with E-state index in [1.54, 1.807) is 38.0 Å². The zero-order valence-corrected chi connectivity index (χ0v) is 68.1. The highest BCUT2D eigenvalue weighted by molar-refractivity contribution is 6.30. The van der Waals surface area contributed by atoms with Gasteiger partial charge in [-0.25, -0.2) is 0 Å². The number of carbonyl (C=O) groups is 1. The quantitative estimate of drug-likeness (QED) is 0.0405. The largest absolute Gasteiger partial charge is 0.390 e. The summed E-state index contributed by atoms with van der Waals surface area (Å²) in [4.78, 5) is 83.7. The van der Waals surface area contributed by atoms with E-state index in [2.05, 4.69) is 92.3 Å². The van der Waals surface area contributed by atoms with Crippen LogP contribution in [0.25, 0.3) is 109 Å². The van der Waals surface area contributed by atoms with E-state index in [0.717, 1.165) is 157 Å². The number of pyridine rings is 5. The number of nitrogens with two attached hydrogens (primary N) is 3. The molecule has 29 nitrogen and oxygen atoms in total. The molecule has 4 unspecified atom stereocenters. The summed E-state index contributed by atoms with van der Waals surface area (Å²) in [5.74, 6) is 0.326. The smallest absolute Gasteiger partial charge is 0.262 e. The zero-order valence-electron chi connectivity index (χ0n) is 67.4. The van der Waals surface area contributed by atoms with Gasteiger partial charge < -0.3 is 65.2 Å². The molecule has 16 aromatic rings. The average molecular weight is 1600 g/mol. The summed E-state index contributed by atoms with van der Waals surface area (Å²) < 4.78 is 8.90. The van der Waals surface area contributed by atoms with Crippen LogP contribution >= 0.6 is 11.6 Å². The SMILES string of the molecule is Cc1[nH]nc2c1c(=O)n(CC(N)CN(C)C)c1ccccc21.Cc1[nH]nc2c1c(=O)n(CC(N)CNC(=O)c1ccc(Cl)cc1)c1ccccc21.Cc1[nH]nc2c1c(=O)n(CC(O)CN)c1ccccc21.Cc1[nH]nc2c1c(=O)n(CC1CCN(C)CC1)c1ccccc21.Cc1[nH]nc2c1c(=O)n(CCC1CCCN1C)c1ccccc21. The zero-order chi connectivity index (χ0) is 82.6. The lowest BCUT2D eigenvalue weighted by Crippen LogP contribution is -2.41. The van der Waals surface area contributed by atoms with Crippen molar-refractivity contribution in [2.75, 3.05) is 67.5 Å². The average Bonchev–Trinajstić information content (AvgIpc) is 1.68. The van der Waals surface area contributed by atoms with Gasteiger partial charge in [0.1, 0.15) is 27.6 Å². The van der Waals surface area contributed by atoms with Crippen molar-refractivity contribution in [3.63, 3.8) is 0 Å². The molecule has 0 bridgehead atoms. The highest BCUT2D eigenvalue weighted by Gasteiger charge is 2.26. The number of aliphatic hydroxyl groups excluding tert-OH is 1. The summed E-state index contributed by atoms with van der Waals surface area (Å²) in [6.07, 6.45) is 5.07. The first-order chi connectivity index (χ1) is 56.4. The van der Waals surface area contributed by atoms with Gasteiger partial charge in [-0.05, 0) is 175 Å². The lowest BCUT2D eigenvalue weighted by molar-refractivity contribution is 0.0950. The van der Waals surface area contributed by atoms with E-state index in [1.807, 2.05) is 172 Å². The molecule has 2 aliphatic heterocycles. The number of aromatic amines is 5. The van der Waals surface area contributed by atoms with Crippen molar-refractivity contribution < 1.29 is 9.90 Å². The number of H-pyrrole nitrogens is 5. The maximum Gasteiger partial charge on any atom is 0.262 e. The molecule has 2 aliphatic rings. The van der Waals surface area contributed by atoms with Crippen LogP contribution in [-0.2, 0) is 32.7 Å². The number of aromatic nitrogens is 15. The number of nitrogens with one attached hydrogen (secondary N) is 6. The number of aryl methyl sites for hydroxylation is 6. The van der Waals surface area contributed by atoms with Gasteiger partial charge in [0.2, 0.25) is 0 Å². The predicted octanol–water partition coefficient (Wildman–Crippen LogP) is 9.38. The summed E-state index contributed by atoms with van der Waals surface area (Å²) in [5, 5.41) is 57.3. The number of hydrogen-bond acceptors (Lipinski definition) is 18. The number of amides is 1. The van der Waals surface area contributed by atoms with Crippen LogP contribution in [0.1, 0.15) is 70.9 Å². The van der Waals surface area contributed by atoms with Gasteiger partial charge in [-0.3, -0.25) is 54.3 Å². The monoisotopic (exact) mass is 1600 g/mol. The van der Waals surface area contributed by atoms with E-state index in [9.17, 15) is 33.9 Å². The summed E-state index contributed by atoms with van der Waals surface area (Å²) in [6.45, 7) is 16.3. The van der Waals surface area contributed by atoms with E-state index in [4.69, 9.17) is 28.8 Å². The van der Waals surface area contributed by atoms with Gasteiger partial charge in [-0.15, -0.1) is 0 Å². The molecule has 1 amide bonds. The third kappa shape index (κ3) is 16.8. The number of rotatable bonds is 17. The number of piperidine rings is 1. The minimum atomic E-state index is -0.749. The first-order valence-corrected chi connectivity index (χ1v) is 40.0. The summed E-state index contributed by atoms with van der Waals surface area (Å²) in [6, 6.07) is 45.8. The second-order valence-electron chi connectivity index (χ2n) is 31.3. The van der Waals surface area contributed by atoms with Gasteiger partial charge in [0.25, 0.3) is 33.7 Å². The molecule has 6 aromatic carbocycles. The number of nitrogens with zero attached hydrogens (tertiary/aromatic N) is 13. The van der Waals surface area contributed by atoms with Crippen LogP contribution in [0.2, 0.25) is 5.02 Å². The Balaban J connectivity index is 0.000000121. The molecule has 18 rings (SSSR count). The van der Waals surface area contributed by atoms with Crippen molar-refractivity contribution in [3.05, 3.63) is 236 Å². The van der Waals surface area contributed by atoms with Crippen LogP contribution < -0.4 is 50.3 Å². The number of benzene rings is 6. The van der Waals surface area contributed by atoms with Gasteiger partial charge in [0.15, 0.2) is 0 Å². The van der Waals surface area contributed by atoms with Gasteiger partial charge in [-0.1, -0.05) is 103 Å². The minimum Gasteiger partial charge on any atom is -0.390 e. The van der Waals surface area contributed by atoms with Crippen LogP contribution in [0.4, 0.5) is 0 Å². The van der Waals surface area contributed by atoms with Crippen LogP contribution in [0.15, 0.2) is 170 Å². The van der Waals surface area contributed by atoms with Gasteiger partial charge in [0, 0.05) is 130 Å². The molecule has 13 N–H and O–H groups in total. The molecular formula is C87H101ClN22O7. The number of hydrogen-bond donors (Lipinski definition) is 10. The number of aliphatic hydroxyl groups is 1. The van der Waals surface area contributed by atoms with Crippen molar-refractivity contribution in [2.45, 2.75) is 124 Å². The van der Waals surface area contributed by atoms with Gasteiger partial charge in [0.05, 0.1) is 67.2 Å². The lowest BCUT2D eigenvalue weighted by Gasteiger charge is -2.29. The number of likely N-dealkylation sites (tertiary alicyclic amines) is 2. The van der Waals surface area contributed by atoms with Crippen LogP contribution in [0.3, 0.4) is 0 Å². The highest BCUT2D eigenvalue weighted by Crippen LogP contribution is 2.30. The fourth-order valence-electron chi connectivity index (χ4n) is 16.5. The molecule has 0 spiro atoms. The Morgan fingerprint density at radius 3 is 1.22 bits per heavy atom. The Kier molecular flexibility index (Phi) is 24.7. The summed E-state index contributed by atoms with van der Waals surface area (Å²) in [5.41, 5.74) is 30.2. The molecule has 4 atom stereocenters. The lowest BCUT2D eigenvalue weighted by atomic mass is 9.96. The maximum atomic E-state index is 13.1. The van der Waals surface area contributed by atoms with Crippen molar-refractivity contribution in [1.29, 1.82) is 0 Å². The van der Waals surface area contributed by atoms with E-state index < -0.39 is 12.1 Å². The Bertz CT molecular complexity index is 6650. The molecule has 0 saturated carbocycles. The molecule has 2 saturated heterocycles. The van der Waals surface area contributed by atoms with Crippen molar-refractivity contribution >= 4 is 127 Å². The fraction of sp³-hybridized carbons (Fsp3) is 0.345. The number of fused-ring (bicyclic) bond motifs is 15. The fourth-order valence-corrected chi connectivity index (χ4v) is 16.7. The number of likely N-dealkylation sites (N-methyl/N-ethyl adjacent to an activating group) is 1. The topological polar surface area (TPSA) is 391 Å². The molecule has 10 aromatic heterocycles. The van der Waals surface area contributed by atoms with E-state index in [0.29, 0.717) is 62.0 Å². The normalized spacial score (nSPS) is 15.0. The molecule has 608 valence electrons. The molecule has 0 aliphatic carbocycles. The number of carbonyl (C=O) groups excluding carboxylic acids is 1. The predicted molar refractivity (Wildman–Crippen MR) is 467 cm³/mol. The van der Waals surface area contributed by atoms with Crippen molar-refractivity contribution in [3.8, 4) is 0 Å². The summed E-state index contributed by atoms with van der Waals surface area (Å²) >= 11 is 5.85. The van der Waals surface area contributed by atoms with Gasteiger partial charge in [-0.2, -0.15) is 25.5 Å². The second-order valence-corrected chi connectivity index (χ2v) is 31.7. The number of halogens is 1. The first kappa shape index (κ1) is 81.8. The second kappa shape index (κ2) is 35.3. The molecule has 30 heteroatoms. The Morgan fingerprint density at radius 2 is 0.846 bits per heavy atom. The Hall–Kier alpha value is -11.8. The summed E-state index contributed by atoms with van der Waals surface area (Å²) in [7, 11) is 8.30.